The van der Waals surface area contributed by atoms with Crippen LogP contribution in [0.1, 0.15) is 26.2 Å². The molecule has 0 heterocycles. The van der Waals surface area contributed by atoms with Gasteiger partial charge in [-0.15, -0.1) is 0 Å². The van der Waals surface area contributed by atoms with Gasteiger partial charge in [0.05, 0.1) is 9.92 Å². The predicted molar refractivity (Wildman–Crippen MR) is 84.7 cm³/mol. The summed E-state index contributed by atoms with van der Waals surface area (Å²) < 4.78 is 32.5. The quantitative estimate of drug-likeness (QED) is 0.662. The molecule has 0 bridgehead atoms. The van der Waals surface area contributed by atoms with E-state index in [0.29, 0.717) is 29.1 Å². The van der Waals surface area contributed by atoms with Crippen LogP contribution in [0.25, 0.3) is 0 Å². The number of hydrogen-bond acceptors (Lipinski definition) is 3. The Labute approximate surface area is 134 Å². The number of nitrogens with one attached hydrogen (secondary N) is 1. The minimum Gasteiger partial charge on any atom is -0.381 e. The van der Waals surface area contributed by atoms with Gasteiger partial charge in [0.25, 0.3) is 0 Å². The summed E-state index contributed by atoms with van der Waals surface area (Å²) in [6, 6.07) is 4.52. The number of halogens is 2. The van der Waals surface area contributed by atoms with Crippen LogP contribution in [0.3, 0.4) is 0 Å². The van der Waals surface area contributed by atoms with Gasteiger partial charge in [0.2, 0.25) is 10.0 Å². The molecule has 4 nitrogen and oxygen atoms in total. The van der Waals surface area contributed by atoms with Crippen molar-refractivity contribution in [3.05, 3.63) is 27.7 Å². The van der Waals surface area contributed by atoms with Gasteiger partial charge in [0.1, 0.15) is 0 Å². The summed E-state index contributed by atoms with van der Waals surface area (Å²) in [6.07, 6.45) is 2.78. The number of rotatable bonds is 9. The Morgan fingerprint density at radius 2 is 2.00 bits per heavy atom. The molecule has 1 rings (SSSR count). The van der Waals surface area contributed by atoms with Crippen molar-refractivity contribution in [3.63, 3.8) is 0 Å². The Hall–Kier alpha value is -0.140. The highest BCUT2D eigenvalue weighted by molar-refractivity contribution is 9.10. The van der Waals surface area contributed by atoms with E-state index in [1.165, 1.54) is 12.1 Å². The van der Waals surface area contributed by atoms with E-state index in [-0.39, 0.29) is 4.90 Å². The standard InChI is InChI=1S/C13H19BrClNO3S/c1-2-3-8-19-9-4-7-16-20(17,18)11-5-6-13(15)12(14)10-11/h5-6,10,16H,2-4,7-9H2,1H3. The lowest BCUT2D eigenvalue weighted by Gasteiger charge is -2.08. The van der Waals surface area contributed by atoms with Crippen LogP contribution in [0.2, 0.25) is 5.02 Å². The molecule has 0 unspecified atom stereocenters. The molecule has 0 fully saturated rings. The summed E-state index contributed by atoms with van der Waals surface area (Å²) in [5, 5.41) is 0.480. The van der Waals surface area contributed by atoms with Crippen molar-refractivity contribution in [2.75, 3.05) is 19.8 Å². The zero-order valence-electron chi connectivity index (χ0n) is 11.4. The largest absolute Gasteiger partial charge is 0.381 e. The summed E-state index contributed by atoms with van der Waals surface area (Å²) in [5.74, 6) is 0. The Morgan fingerprint density at radius 3 is 2.65 bits per heavy atom. The third kappa shape index (κ3) is 6.10. The van der Waals surface area contributed by atoms with Crippen LogP contribution in [0.4, 0.5) is 0 Å². The van der Waals surface area contributed by atoms with E-state index < -0.39 is 10.0 Å². The summed E-state index contributed by atoms with van der Waals surface area (Å²) >= 11 is 9.05. The fourth-order valence-corrected chi connectivity index (χ4v) is 3.20. The maximum Gasteiger partial charge on any atom is 0.240 e. The van der Waals surface area contributed by atoms with Crippen LogP contribution >= 0.6 is 27.5 Å². The van der Waals surface area contributed by atoms with E-state index in [9.17, 15) is 8.42 Å². The van der Waals surface area contributed by atoms with Crippen molar-refractivity contribution < 1.29 is 13.2 Å². The highest BCUT2D eigenvalue weighted by atomic mass is 79.9. The molecule has 0 aromatic heterocycles. The van der Waals surface area contributed by atoms with E-state index in [2.05, 4.69) is 27.6 Å². The molecule has 1 aromatic rings. The fraction of sp³-hybridized carbons (Fsp3) is 0.538. The molecule has 0 saturated heterocycles. The lowest BCUT2D eigenvalue weighted by atomic mass is 10.4. The molecule has 0 aliphatic carbocycles. The maximum absolute atomic E-state index is 12.0. The summed E-state index contributed by atoms with van der Waals surface area (Å²) in [4.78, 5) is 0.195. The molecule has 1 aromatic carbocycles. The molecule has 1 N–H and O–H groups in total. The van der Waals surface area contributed by atoms with Crippen molar-refractivity contribution in [3.8, 4) is 0 Å². The van der Waals surface area contributed by atoms with Crippen molar-refractivity contribution >= 4 is 37.6 Å². The number of ether oxygens (including phenoxy) is 1. The highest BCUT2D eigenvalue weighted by Crippen LogP contribution is 2.25. The van der Waals surface area contributed by atoms with Crippen LogP contribution in [0.15, 0.2) is 27.6 Å². The monoisotopic (exact) mass is 383 g/mol. The molecular formula is C13H19BrClNO3S. The second kappa shape index (κ2) is 9.00. The van der Waals surface area contributed by atoms with E-state index in [1.807, 2.05) is 0 Å². The molecule has 0 aliphatic heterocycles. The summed E-state index contributed by atoms with van der Waals surface area (Å²) in [5.41, 5.74) is 0. The molecule has 0 spiro atoms. The smallest absolute Gasteiger partial charge is 0.240 e. The Balaban J connectivity index is 2.40. The van der Waals surface area contributed by atoms with Gasteiger partial charge in [0.15, 0.2) is 0 Å². The van der Waals surface area contributed by atoms with E-state index in [1.54, 1.807) is 6.07 Å². The Bertz CT molecular complexity index is 522. The second-order valence-corrected chi connectivity index (χ2v) is 7.32. The average molecular weight is 385 g/mol. The second-order valence-electron chi connectivity index (χ2n) is 4.29. The molecule has 114 valence electrons. The topological polar surface area (TPSA) is 55.4 Å². The van der Waals surface area contributed by atoms with Crippen molar-refractivity contribution in [2.24, 2.45) is 0 Å². The van der Waals surface area contributed by atoms with Crippen LogP contribution in [0, 0.1) is 0 Å². The normalized spacial score (nSPS) is 11.8. The van der Waals surface area contributed by atoms with Crippen LogP contribution in [0.5, 0.6) is 0 Å². The first-order chi connectivity index (χ1) is 9.47. The Morgan fingerprint density at radius 1 is 1.30 bits per heavy atom. The molecule has 0 saturated carbocycles. The van der Waals surface area contributed by atoms with Crippen LogP contribution < -0.4 is 4.72 Å². The zero-order valence-corrected chi connectivity index (χ0v) is 14.5. The SMILES string of the molecule is CCCCOCCCNS(=O)(=O)c1ccc(Cl)c(Br)c1. The van der Waals surface area contributed by atoms with Crippen LogP contribution in [-0.4, -0.2) is 28.2 Å². The third-order valence-corrected chi connectivity index (χ3v) is 5.27. The number of hydrogen-bond donors (Lipinski definition) is 1. The van der Waals surface area contributed by atoms with Crippen molar-refractivity contribution in [1.29, 1.82) is 0 Å². The fourth-order valence-electron chi connectivity index (χ4n) is 1.46. The first-order valence-electron chi connectivity index (χ1n) is 6.50. The van der Waals surface area contributed by atoms with Gasteiger partial charge >= 0.3 is 0 Å². The minimum absolute atomic E-state index is 0.195. The molecule has 7 heteroatoms. The average Bonchev–Trinajstić information content (AvgIpc) is 2.40. The minimum atomic E-state index is -3.49. The van der Waals surface area contributed by atoms with Gasteiger partial charge in [-0.3, -0.25) is 0 Å². The zero-order chi connectivity index (χ0) is 15.0. The van der Waals surface area contributed by atoms with Gasteiger partial charge in [0, 0.05) is 24.2 Å². The van der Waals surface area contributed by atoms with E-state index in [4.69, 9.17) is 16.3 Å². The Kier molecular flexibility index (Phi) is 8.06. The first-order valence-corrected chi connectivity index (χ1v) is 9.15. The van der Waals surface area contributed by atoms with Gasteiger partial charge < -0.3 is 4.74 Å². The molecule has 0 radical (unpaired) electrons. The molecule has 0 amide bonds. The first kappa shape index (κ1) is 17.9. The molecule has 0 atom stereocenters. The van der Waals surface area contributed by atoms with E-state index >= 15 is 0 Å². The van der Waals surface area contributed by atoms with Gasteiger partial charge in [-0.05, 0) is 47.0 Å². The lowest BCUT2D eigenvalue weighted by molar-refractivity contribution is 0.130. The summed E-state index contributed by atoms with van der Waals surface area (Å²) in [6.45, 7) is 3.75. The van der Waals surface area contributed by atoms with Gasteiger partial charge in [-0.2, -0.15) is 0 Å². The molecular weight excluding hydrogens is 366 g/mol. The third-order valence-electron chi connectivity index (χ3n) is 2.60. The van der Waals surface area contributed by atoms with Gasteiger partial charge in [-0.25, -0.2) is 13.1 Å². The van der Waals surface area contributed by atoms with Crippen molar-refractivity contribution in [1.82, 2.24) is 4.72 Å². The maximum atomic E-state index is 12.0. The molecule has 20 heavy (non-hydrogen) atoms. The van der Waals surface area contributed by atoms with Gasteiger partial charge in [-0.1, -0.05) is 24.9 Å². The summed E-state index contributed by atoms with van der Waals surface area (Å²) in [7, 11) is -3.49. The number of unbranched alkanes of at least 4 members (excludes halogenated alkanes) is 1. The lowest BCUT2D eigenvalue weighted by Crippen LogP contribution is -2.25. The highest BCUT2D eigenvalue weighted by Gasteiger charge is 2.14. The van der Waals surface area contributed by atoms with E-state index in [0.717, 1.165) is 19.4 Å². The number of benzene rings is 1. The van der Waals surface area contributed by atoms with Crippen molar-refractivity contribution in [2.45, 2.75) is 31.1 Å². The van der Waals surface area contributed by atoms with Crippen LogP contribution in [-0.2, 0) is 14.8 Å². The number of sulfonamides is 1. The predicted octanol–water partition coefficient (Wildman–Crippen LogP) is 3.59. The molecule has 0 aliphatic rings.